The van der Waals surface area contributed by atoms with Gasteiger partial charge in [0.1, 0.15) is 5.72 Å². The van der Waals surface area contributed by atoms with Crippen molar-refractivity contribution in [3.63, 3.8) is 0 Å². The normalized spacial score (nSPS) is 14.6. The Balaban J connectivity index is 3.08. The standard InChI is InChI=1S/C10H13NO3/c1-10(11,13)8-5-3-4-7(6-8)9(12)14-2/h3-6,13H,11H2,1-2H3. The van der Waals surface area contributed by atoms with E-state index in [2.05, 4.69) is 4.74 Å². The second kappa shape index (κ2) is 3.77. The van der Waals surface area contributed by atoms with Crippen molar-refractivity contribution in [3.05, 3.63) is 35.4 Å². The molecular formula is C10H13NO3. The quantitative estimate of drug-likeness (QED) is 0.535. The van der Waals surface area contributed by atoms with Gasteiger partial charge < -0.3 is 15.6 Å². The van der Waals surface area contributed by atoms with Gasteiger partial charge >= 0.3 is 5.97 Å². The Morgan fingerprint density at radius 1 is 1.57 bits per heavy atom. The number of carbonyl (C=O) groups excluding carboxylic acids is 1. The highest BCUT2D eigenvalue weighted by Gasteiger charge is 2.17. The van der Waals surface area contributed by atoms with E-state index in [1.54, 1.807) is 18.2 Å². The molecule has 1 aromatic carbocycles. The lowest BCUT2D eigenvalue weighted by Gasteiger charge is -2.17. The summed E-state index contributed by atoms with van der Waals surface area (Å²) in [6, 6.07) is 6.39. The van der Waals surface area contributed by atoms with Crippen LogP contribution in [0.5, 0.6) is 0 Å². The summed E-state index contributed by atoms with van der Waals surface area (Å²) < 4.78 is 4.54. The average Bonchev–Trinajstić information content (AvgIpc) is 2.15. The SMILES string of the molecule is COC(=O)c1cccc(C(C)(N)O)c1. The Morgan fingerprint density at radius 3 is 2.71 bits per heavy atom. The lowest BCUT2D eigenvalue weighted by atomic mass is 10.0. The lowest BCUT2D eigenvalue weighted by molar-refractivity contribution is 0.0593. The van der Waals surface area contributed by atoms with Gasteiger partial charge in [-0.3, -0.25) is 0 Å². The molecule has 0 heterocycles. The van der Waals surface area contributed by atoms with Crippen LogP contribution in [0.4, 0.5) is 0 Å². The number of carbonyl (C=O) groups is 1. The Hall–Kier alpha value is -1.39. The van der Waals surface area contributed by atoms with Crippen molar-refractivity contribution in [1.82, 2.24) is 0 Å². The van der Waals surface area contributed by atoms with Gasteiger partial charge in [-0.05, 0) is 24.6 Å². The monoisotopic (exact) mass is 195 g/mol. The smallest absolute Gasteiger partial charge is 0.337 e. The Morgan fingerprint density at radius 2 is 2.21 bits per heavy atom. The van der Waals surface area contributed by atoms with Crippen LogP contribution in [0.2, 0.25) is 0 Å². The zero-order valence-corrected chi connectivity index (χ0v) is 8.15. The molecule has 0 spiro atoms. The van der Waals surface area contributed by atoms with Crippen LogP contribution < -0.4 is 5.73 Å². The van der Waals surface area contributed by atoms with Crippen LogP contribution in [0.1, 0.15) is 22.8 Å². The highest BCUT2D eigenvalue weighted by Crippen LogP contribution is 2.16. The summed E-state index contributed by atoms with van der Waals surface area (Å²) in [5.41, 5.74) is 4.87. The molecule has 1 unspecified atom stereocenters. The number of hydrogen-bond acceptors (Lipinski definition) is 4. The fourth-order valence-corrected chi connectivity index (χ4v) is 1.08. The average molecular weight is 195 g/mol. The largest absolute Gasteiger partial charge is 0.465 e. The molecular weight excluding hydrogens is 182 g/mol. The maximum absolute atomic E-state index is 11.1. The number of benzene rings is 1. The van der Waals surface area contributed by atoms with Crippen molar-refractivity contribution >= 4 is 5.97 Å². The molecule has 14 heavy (non-hydrogen) atoms. The first-order chi connectivity index (χ1) is 6.45. The molecule has 4 nitrogen and oxygen atoms in total. The molecule has 3 N–H and O–H groups in total. The molecule has 0 bridgehead atoms. The Bertz CT molecular complexity index is 341. The number of nitrogens with two attached hydrogens (primary N) is 1. The van der Waals surface area contributed by atoms with Crippen LogP contribution in [0.3, 0.4) is 0 Å². The van der Waals surface area contributed by atoms with Crippen LogP contribution in [0.15, 0.2) is 24.3 Å². The fraction of sp³-hybridized carbons (Fsp3) is 0.300. The number of aliphatic hydroxyl groups is 1. The minimum Gasteiger partial charge on any atom is -0.465 e. The van der Waals surface area contributed by atoms with E-state index in [1.807, 2.05) is 0 Å². The van der Waals surface area contributed by atoms with E-state index in [4.69, 9.17) is 5.73 Å². The predicted molar refractivity (Wildman–Crippen MR) is 51.5 cm³/mol. The first kappa shape index (κ1) is 10.7. The summed E-state index contributed by atoms with van der Waals surface area (Å²) >= 11 is 0. The van der Waals surface area contributed by atoms with Crippen LogP contribution in [0, 0.1) is 0 Å². The molecule has 0 fully saturated rings. The van der Waals surface area contributed by atoms with Gasteiger partial charge in [0.15, 0.2) is 0 Å². The predicted octanol–water partition coefficient (Wildman–Crippen LogP) is 0.597. The van der Waals surface area contributed by atoms with Gasteiger partial charge in [-0.2, -0.15) is 0 Å². The highest BCUT2D eigenvalue weighted by atomic mass is 16.5. The molecule has 0 aromatic heterocycles. The molecule has 1 aromatic rings. The summed E-state index contributed by atoms with van der Waals surface area (Å²) in [5, 5.41) is 9.49. The van der Waals surface area contributed by atoms with E-state index in [1.165, 1.54) is 20.1 Å². The summed E-state index contributed by atoms with van der Waals surface area (Å²) in [4.78, 5) is 11.1. The summed E-state index contributed by atoms with van der Waals surface area (Å²) in [7, 11) is 1.30. The zero-order valence-electron chi connectivity index (χ0n) is 8.15. The number of hydrogen-bond donors (Lipinski definition) is 2. The third-order valence-corrected chi connectivity index (χ3v) is 1.87. The summed E-state index contributed by atoms with van der Waals surface area (Å²) in [6.07, 6.45) is 0. The van der Waals surface area contributed by atoms with Gasteiger partial charge in [0.25, 0.3) is 0 Å². The molecule has 0 saturated heterocycles. The van der Waals surface area contributed by atoms with Crippen molar-refractivity contribution in [3.8, 4) is 0 Å². The van der Waals surface area contributed by atoms with Crippen LogP contribution >= 0.6 is 0 Å². The molecule has 1 rings (SSSR count). The minimum atomic E-state index is -1.44. The van der Waals surface area contributed by atoms with Gasteiger partial charge in [0, 0.05) is 0 Å². The number of methoxy groups -OCH3 is 1. The third-order valence-electron chi connectivity index (χ3n) is 1.87. The Labute approximate surface area is 82.3 Å². The Kier molecular flexibility index (Phi) is 2.88. The van der Waals surface area contributed by atoms with Crippen molar-refractivity contribution < 1.29 is 14.6 Å². The number of ether oxygens (including phenoxy) is 1. The molecule has 76 valence electrons. The van der Waals surface area contributed by atoms with Gasteiger partial charge in [-0.15, -0.1) is 0 Å². The van der Waals surface area contributed by atoms with E-state index in [0.717, 1.165) is 0 Å². The van der Waals surface area contributed by atoms with Crippen molar-refractivity contribution in [2.45, 2.75) is 12.6 Å². The second-order valence-corrected chi connectivity index (χ2v) is 3.22. The summed E-state index contributed by atoms with van der Waals surface area (Å²) in [6.45, 7) is 1.45. The van der Waals surface area contributed by atoms with Gasteiger partial charge in [0.05, 0.1) is 12.7 Å². The van der Waals surface area contributed by atoms with E-state index in [-0.39, 0.29) is 0 Å². The maximum atomic E-state index is 11.1. The number of rotatable bonds is 2. The molecule has 0 aliphatic heterocycles. The van der Waals surface area contributed by atoms with Crippen molar-refractivity contribution in [2.24, 2.45) is 5.73 Å². The molecule has 4 heteroatoms. The third kappa shape index (κ3) is 2.31. The molecule has 0 amide bonds. The minimum absolute atomic E-state index is 0.371. The molecule has 0 saturated carbocycles. The van der Waals surface area contributed by atoms with E-state index in [0.29, 0.717) is 11.1 Å². The second-order valence-electron chi connectivity index (χ2n) is 3.22. The van der Waals surface area contributed by atoms with Crippen molar-refractivity contribution in [2.75, 3.05) is 7.11 Å². The molecule has 1 atom stereocenters. The van der Waals surface area contributed by atoms with Crippen LogP contribution in [-0.4, -0.2) is 18.2 Å². The van der Waals surface area contributed by atoms with Crippen LogP contribution in [-0.2, 0) is 10.5 Å². The number of esters is 1. The van der Waals surface area contributed by atoms with E-state index >= 15 is 0 Å². The highest BCUT2D eigenvalue weighted by molar-refractivity contribution is 5.89. The van der Waals surface area contributed by atoms with Gasteiger partial charge in [-0.1, -0.05) is 12.1 Å². The lowest BCUT2D eigenvalue weighted by Crippen LogP contribution is -2.32. The van der Waals surface area contributed by atoms with Crippen LogP contribution in [0.25, 0.3) is 0 Å². The first-order valence-corrected chi connectivity index (χ1v) is 4.15. The topological polar surface area (TPSA) is 72.5 Å². The first-order valence-electron chi connectivity index (χ1n) is 4.15. The van der Waals surface area contributed by atoms with E-state index in [9.17, 15) is 9.90 Å². The van der Waals surface area contributed by atoms with Gasteiger partial charge in [-0.25, -0.2) is 4.79 Å². The summed E-state index contributed by atoms with van der Waals surface area (Å²) in [5.74, 6) is -0.448. The van der Waals surface area contributed by atoms with Gasteiger partial charge in [0.2, 0.25) is 0 Å². The molecule has 0 radical (unpaired) electrons. The zero-order chi connectivity index (χ0) is 10.8. The fourth-order valence-electron chi connectivity index (χ4n) is 1.08. The molecule has 0 aliphatic rings. The van der Waals surface area contributed by atoms with E-state index < -0.39 is 11.7 Å². The maximum Gasteiger partial charge on any atom is 0.337 e. The molecule has 0 aliphatic carbocycles. The van der Waals surface area contributed by atoms with Crippen molar-refractivity contribution in [1.29, 1.82) is 0 Å².